The van der Waals surface area contributed by atoms with E-state index in [1.807, 2.05) is 0 Å². The number of rotatable bonds is 1. The van der Waals surface area contributed by atoms with Crippen molar-refractivity contribution in [3.63, 3.8) is 0 Å². The van der Waals surface area contributed by atoms with Crippen LogP contribution in [0.4, 0.5) is 0 Å². The van der Waals surface area contributed by atoms with Crippen molar-refractivity contribution in [3.8, 4) is 0 Å². The van der Waals surface area contributed by atoms with Crippen LogP contribution in [0.5, 0.6) is 0 Å². The average Bonchev–Trinajstić information content (AvgIpc) is 2.81. The van der Waals surface area contributed by atoms with E-state index in [9.17, 15) is 0 Å². The van der Waals surface area contributed by atoms with E-state index in [1.54, 1.807) is 0 Å². The number of hydrogen-bond acceptors (Lipinski definition) is 4. The fraction of sp³-hybridized carbons (Fsp3) is 1.00. The lowest BCUT2D eigenvalue weighted by molar-refractivity contribution is 0.186. The topological polar surface area (TPSA) is 65.5 Å². The molecule has 2 saturated heterocycles. The fourth-order valence-corrected chi connectivity index (χ4v) is 0.0962. The largest absolute Gasteiger partial charge is 0.394 e. The summed E-state index contributed by atoms with van der Waals surface area (Å²) in [6, 6.07) is 0. The molecule has 4 heteroatoms. The predicted molar refractivity (Wildman–Crippen MR) is 40.4 cm³/mol. The average molecular weight is 164 g/mol. The Bertz CT molecular complexity index is 66.1. The molecule has 4 nitrogen and oxygen atoms in total. The van der Waals surface area contributed by atoms with E-state index in [0.717, 1.165) is 19.8 Å². The van der Waals surface area contributed by atoms with Crippen LogP contribution in [0.25, 0.3) is 0 Å². The van der Waals surface area contributed by atoms with Gasteiger partial charge in [0.05, 0.1) is 39.1 Å². The van der Waals surface area contributed by atoms with Gasteiger partial charge in [0.25, 0.3) is 0 Å². The molecule has 0 radical (unpaired) electrons. The van der Waals surface area contributed by atoms with E-state index < -0.39 is 0 Å². The molecule has 0 saturated carbocycles. The molecule has 68 valence electrons. The van der Waals surface area contributed by atoms with Gasteiger partial charge in [-0.3, -0.25) is 0 Å². The molecule has 2 aliphatic rings. The molecule has 11 heavy (non-hydrogen) atoms. The van der Waals surface area contributed by atoms with Crippen LogP contribution in [0, 0.1) is 0 Å². The Labute approximate surface area is 66.7 Å². The van der Waals surface area contributed by atoms with Crippen molar-refractivity contribution in [2.45, 2.75) is 13.0 Å². The van der Waals surface area contributed by atoms with E-state index >= 15 is 0 Å². The van der Waals surface area contributed by atoms with Crippen molar-refractivity contribution in [2.75, 3.05) is 33.0 Å². The van der Waals surface area contributed by atoms with E-state index in [-0.39, 0.29) is 13.2 Å². The first-order chi connectivity index (χ1) is 5.31. The smallest absolute Gasteiger partial charge is 0.0781 e. The molecule has 1 atom stereocenters. The highest BCUT2D eigenvalue weighted by Crippen LogP contribution is 2.04. The third-order valence-corrected chi connectivity index (χ3v) is 0.804. The maximum Gasteiger partial charge on any atom is 0.0781 e. The number of aliphatic hydroxyl groups excluding tert-OH is 2. The summed E-state index contributed by atoms with van der Waals surface area (Å²) < 4.78 is 9.21. The van der Waals surface area contributed by atoms with Crippen molar-refractivity contribution in [3.05, 3.63) is 0 Å². The van der Waals surface area contributed by atoms with Gasteiger partial charge in [-0.05, 0) is 6.92 Å². The van der Waals surface area contributed by atoms with Gasteiger partial charge in [0.15, 0.2) is 0 Å². The third kappa shape index (κ3) is 25.8. The van der Waals surface area contributed by atoms with Crippen LogP contribution < -0.4 is 0 Å². The summed E-state index contributed by atoms with van der Waals surface area (Å²) in [4.78, 5) is 0. The second-order valence-corrected chi connectivity index (χ2v) is 2.20. The summed E-state index contributed by atoms with van der Waals surface area (Å²) in [5.41, 5.74) is 0. The first kappa shape index (κ1) is 10.8. The van der Waals surface area contributed by atoms with Crippen LogP contribution in [-0.2, 0) is 9.47 Å². The van der Waals surface area contributed by atoms with Crippen molar-refractivity contribution < 1.29 is 19.7 Å². The summed E-state index contributed by atoms with van der Waals surface area (Å²) in [6.07, 6.45) is 0.583. The van der Waals surface area contributed by atoms with E-state index in [2.05, 4.69) is 11.7 Å². The van der Waals surface area contributed by atoms with Crippen LogP contribution in [0.3, 0.4) is 0 Å². The van der Waals surface area contributed by atoms with Crippen LogP contribution in [0.1, 0.15) is 6.92 Å². The molecule has 0 aromatic rings. The van der Waals surface area contributed by atoms with E-state index in [1.165, 1.54) is 0 Å². The SMILES string of the molecule is C1CO1.CC1CO1.OCCO. The van der Waals surface area contributed by atoms with Gasteiger partial charge in [0.2, 0.25) is 0 Å². The summed E-state index contributed by atoms with van der Waals surface area (Å²) in [6.45, 7) is 4.79. The molecule has 0 aliphatic carbocycles. The maximum atomic E-state index is 7.62. The quantitative estimate of drug-likeness (QED) is 0.507. The molecule has 0 amide bonds. The Morgan fingerprint density at radius 2 is 1.55 bits per heavy atom. The molecule has 2 N–H and O–H groups in total. The highest BCUT2D eigenvalue weighted by Gasteiger charge is 2.13. The minimum absolute atomic E-state index is 0.125. The zero-order valence-electron chi connectivity index (χ0n) is 6.82. The number of ether oxygens (including phenoxy) is 2. The van der Waals surface area contributed by atoms with E-state index in [0.29, 0.717) is 6.10 Å². The normalized spacial score (nSPS) is 23.7. The van der Waals surface area contributed by atoms with Crippen LogP contribution >= 0.6 is 0 Å². The zero-order chi connectivity index (χ0) is 8.53. The monoisotopic (exact) mass is 164 g/mol. The summed E-state index contributed by atoms with van der Waals surface area (Å²) in [5.74, 6) is 0. The van der Waals surface area contributed by atoms with Gasteiger partial charge < -0.3 is 19.7 Å². The van der Waals surface area contributed by atoms with Gasteiger partial charge in [-0.1, -0.05) is 0 Å². The molecule has 2 fully saturated rings. The number of aliphatic hydroxyl groups is 2. The van der Waals surface area contributed by atoms with Crippen molar-refractivity contribution >= 4 is 0 Å². The van der Waals surface area contributed by atoms with Gasteiger partial charge in [0, 0.05) is 0 Å². The van der Waals surface area contributed by atoms with Crippen molar-refractivity contribution in [1.82, 2.24) is 0 Å². The van der Waals surface area contributed by atoms with Gasteiger partial charge in [-0.2, -0.15) is 0 Å². The van der Waals surface area contributed by atoms with Crippen LogP contribution in [0.2, 0.25) is 0 Å². The minimum atomic E-state index is -0.125. The molecule has 2 rings (SSSR count). The Morgan fingerprint density at radius 3 is 1.55 bits per heavy atom. The second kappa shape index (κ2) is 7.94. The second-order valence-electron chi connectivity index (χ2n) is 2.20. The Kier molecular flexibility index (Phi) is 7.83. The molecule has 0 bridgehead atoms. The van der Waals surface area contributed by atoms with Crippen LogP contribution in [0.15, 0.2) is 0 Å². The first-order valence-electron chi connectivity index (χ1n) is 3.72. The Morgan fingerprint density at radius 1 is 1.27 bits per heavy atom. The highest BCUT2D eigenvalue weighted by atomic mass is 16.6. The lowest BCUT2D eigenvalue weighted by atomic mass is 10.6. The molecule has 0 spiro atoms. The lowest BCUT2D eigenvalue weighted by Crippen LogP contribution is -1.85. The highest BCUT2D eigenvalue weighted by molar-refractivity contribution is 4.58. The molecule has 2 heterocycles. The first-order valence-corrected chi connectivity index (χ1v) is 3.72. The lowest BCUT2D eigenvalue weighted by Gasteiger charge is -1.70. The summed E-state index contributed by atoms with van der Waals surface area (Å²) >= 11 is 0. The fourth-order valence-electron chi connectivity index (χ4n) is 0.0962. The zero-order valence-corrected chi connectivity index (χ0v) is 6.82. The molecule has 2 aliphatic heterocycles. The van der Waals surface area contributed by atoms with Gasteiger partial charge >= 0.3 is 0 Å². The molecular weight excluding hydrogens is 148 g/mol. The predicted octanol–water partition coefficient (Wildman–Crippen LogP) is -0.607. The van der Waals surface area contributed by atoms with Gasteiger partial charge in [-0.15, -0.1) is 0 Å². The number of hydrogen-bond donors (Lipinski definition) is 2. The summed E-state index contributed by atoms with van der Waals surface area (Å²) in [7, 11) is 0. The molecule has 0 aromatic carbocycles. The molecule has 0 aromatic heterocycles. The Hall–Kier alpha value is -0.160. The molecular formula is C7H16O4. The van der Waals surface area contributed by atoms with E-state index in [4.69, 9.17) is 14.9 Å². The van der Waals surface area contributed by atoms with Gasteiger partial charge in [0.1, 0.15) is 0 Å². The van der Waals surface area contributed by atoms with Gasteiger partial charge in [-0.25, -0.2) is 0 Å². The number of epoxide rings is 2. The van der Waals surface area contributed by atoms with Crippen LogP contribution in [-0.4, -0.2) is 49.4 Å². The van der Waals surface area contributed by atoms with Crippen molar-refractivity contribution in [1.29, 1.82) is 0 Å². The minimum Gasteiger partial charge on any atom is -0.394 e. The Balaban J connectivity index is 0.000000137. The third-order valence-electron chi connectivity index (χ3n) is 0.804. The maximum absolute atomic E-state index is 7.62. The molecule has 1 unspecified atom stereocenters. The summed E-state index contributed by atoms with van der Waals surface area (Å²) in [5, 5.41) is 15.2. The standard InChI is InChI=1S/C3H6O.C2H6O2.C2H4O/c1-3-2-4-3;3-1-2-4;1-2-3-1/h3H,2H2,1H3;3-4H,1-2H2;1-2H2. The van der Waals surface area contributed by atoms with Crippen molar-refractivity contribution in [2.24, 2.45) is 0 Å².